The number of nitrogens with one attached hydrogen (secondary N) is 2. The van der Waals surface area contributed by atoms with Crippen LogP contribution in [0.3, 0.4) is 0 Å². The first kappa shape index (κ1) is 25.2. The summed E-state index contributed by atoms with van der Waals surface area (Å²) < 4.78 is 56.7. The van der Waals surface area contributed by atoms with Gasteiger partial charge in [-0.3, -0.25) is 9.78 Å². The van der Waals surface area contributed by atoms with Gasteiger partial charge in [0, 0.05) is 23.7 Å². The number of hydrogen-bond acceptors (Lipinski definition) is 4. The lowest BCUT2D eigenvalue weighted by atomic mass is 10.1. The molecular weight excluding hydrogens is 474 g/mol. The standard InChI is InChI=1S/C25H30F2N4O3S/c1-14(2)29-25(32)23-19-12-20(27)15(3)11-22(19)31(17-7-5-6-8-17)24(23)21-10-9-18(13-28-21)35(33,34)30-16(4)26/h9-14,16-17,30H,5-8H2,1-4H3,(H,29,32)/t16-/m0/s1. The fourth-order valence-electron chi connectivity index (χ4n) is 4.75. The van der Waals surface area contributed by atoms with Crippen molar-refractivity contribution in [1.82, 2.24) is 19.6 Å². The van der Waals surface area contributed by atoms with Crippen LogP contribution in [-0.2, 0) is 10.0 Å². The smallest absolute Gasteiger partial charge is 0.254 e. The highest BCUT2D eigenvalue weighted by Crippen LogP contribution is 2.41. The van der Waals surface area contributed by atoms with E-state index in [9.17, 15) is 22.0 Å². The molecule has 2 aromatic heterocycles. The minimum atomic E-state index is -4.09. The van der Waals surface area contributed by atoms with Crippen molar-refractivity contribution in [3.63, 3.8) is 0 Å². The second-order valence-corrected chi connectivity index (χ2v) is 11.1. The fourth-order valence-corrected chi connectivity index (χ4v) is 5.76. The number of sulfonamides is 1. The van der Waals surface area contributed by atoms with Crippen LogP contribution in [0.4, 0.5) is 8.78 Å². The number of hydrogen-bond donors (Lipinski definition) is 2. The third-order valence-electron chi connectivity index (χ3n) is 6.23. The quantitative estimate of drug-likeness (QED) is 0.443. The molecule has 1 aliphatic rings. The van der Waals surface area contributed by atoms with Crippen molar-refractivity contribution in [2.24, 2.45) is 0 Å². The number of amides is 1. The van der Waals surface area contributed by atoms with E-state index in [2.05, 4.69) is 14.9 Å². The number of aromatic nitrogens is 2. The van der Waals surface area contributed by atoms with Gasteiger partial charge in [0.25, 0.3) is 5.91 Å². The summed E-state index contributed by atoms with van der Waals surface area (Å²) in [5.74, 6) is -0.765. The molecule has 1 atom stereocenters. The molecule has 1 fully saturated rings. The van der Waals surface area contributed by atoms with Crippen LogP contribution in [0.1, 0.15) is 68.4 Å². The van der Waals surface area contributed by atoms with Crippen LogP contribution in [0, 0.1) is 12.7 Å². The van der Waals surface area contributed by atoms with Crippen molar-refractivity contribution in [3.05, 3.63) is 47.4 Å². The minimum Gasteiger partial charge on any atom is -0.350 e. The predicted octanol–water partition coefficient (Wildman–Crippen LogP) is 5.00. The topological polar surface area (TPSA) is 93.1 Å². The van der Waals surface area contributed by atoms with Gasteiger partial charge >= 0.3 is 0 Å². The zero-order chi connectivity index (χ0) is 25.5. The molecule has 0 spiro atoms. The van der Waals surface area contributed by atoms with Crippen LogP contribution in [0.5, 0.6) is 0 Å². The molecule has 2 heterocycles. The molecule has 1 saturated carbocycles. The molecule has 1 amide bonds. The Morgan fingerprint density at radius 3 is 2.43 bits per heavy atom. The van der Waals surface area contributed by atoms with Crippen molar-refractivity contribution in [2.75, 3.05) is 0 Å². The Balaban J connectivity index is 1.98. The van der Waals surface area contributed by atoms with Gasteiger partial charge in [-0.1, -0.05) is 12.8 Å². The van der Waals surface area contributed by atoms with Crippen molar-refractivity contribution in [3.8, 4) is 11.4 Å². The van der Waals surface area contributed by atoms with Crippen LogP contribution in [0.15, 0.2) is 35.4 Å². The third-order valence-corrected chi connectivity index (χ3v) is 7.72. The number of benzene rings is 1. The number of pyridine rings is 1. The van der Waals surface area contributed by atoms with E-state index in [-0.39, 0.29) is 22.9 Å². The molecule has 0 saturated heterocycles. The molecule has 0 bridgehead atoms. The molecule has 1 aromatic carbocycles. The summed E-state index contributed by atoms with van der Waals surface area (Å²) in [7, 11) is -4.09. The minimum absolute atomic E-state index is 0.0947. The van der Waals surface area contributed by atoms with Crippen LogP contribution < -0.4 is 10.0 Å². The Morgan fingerprint density at radius 2 is 1.86 bits per heavy atom. The lowest BCUT2D eigenvalue weighted by Crippen LogP contribution is -2.30. The average Bonchev–Trinajstić information content (AvgIpc) is 3.39. The number of nitrogens with zero attached hydrogens (tertiary/aromatic N) is 2. The molecule has 7 nitrogen and oxygen atoms in total. The monoisotopic (exact) mass is 504 g/mol. The SMILES string of the molecule is Cc1cc2c(cc1F)c(C(=O)NC(C)C)c(-c1ccc(S(=O)(=O)N[C@@H](C)F)cn1)n2C1CCCC1. The number of aryl methyl sites for hydroxylation is 1. The van der Waals surface area contributed by atoms with Crippen LogP contribution >= 0.6 is 0 Å². The summed E-state index contributed by atoms with van der Waals surface area (Å²) in [5.41, 5.74) is 2.42. The molecule has 2 N–H and O–H groups in total. The maximum Gasteiger partial charge on any atom is 0.254 e. The van der Waals surface area contributed by atoms with Crippen molar-refractivity contribution >= 4 is 26.8 Å². The summed E-state index contributed by atoms with van der Waals surface area (Å²) in [6.45, 7) is 6.45. The Bertz CT molecular complexity index is 1360. The van der Waals surface area contributed by atoms with E-state index in [4.69, 9.17) is 0 Å². The molecular formula is C25H30F2N4O3S. The molecule has 35 heavy (non-hydrogen) atoms. The van der Waals surface area contributed by atoms with E-state index in [1.807, 2.05) is 18.6 Å². The van der Waals surface area contributed by atoms with Crippen molar-refractivity contribution in [2.45, 2.75) is 76.7 Å². The van der Waals surface area contributed by atoms with Gasteiger partial charge in [-0.2, -0.15) is 4.72 Å². The van der Waals surface area contributed by atoms with Crippen LogP contribution in [0.25, 0.3) is 22.3 Å². The fraction of sp³-hybridized carbons (Fsp3) is 0.440. The molecule has 3 aromatic rings. The number of alkyl halides is 1. The van der Waals surface area contributed by atoms with Gasteiger partial charge in [0.15, 0.2) is 6.30 Å². The second kappa shape index (κ2) is 9.66. The van der Waals surface area contributed by atoms with Crippen LogP contribution in [0.2, 0.25) is 0 Å². The normalized spacial score (nSPS) is 15.7. The first-order valence-corrected chi connectivity index (χ1v) is 13.3. The Labute approximate surface area is 204 Å². The van der Waals surface area contributed by atoms with Crippen molar-refractivity contribution < 1.29 is 22.0 Å². The number of carbonyl (C=O) groups excluding carboxylic acids is 1. The summed E-state index contributed by atoms with van der Waals surface area (Å²) in [6, 6.07) is 5.93. The van der Waals surface area contributed by atoms with E-state index >= 15 is 0 Å². The van der Waals surface area contributed by atoms with Gasteiger partial charge in [0.1, 0.15) is 10.7 Å². The molecule has 188 valence electrons. The zero-order valence-electron chi connectivity index (χ0n) is 20.2. The largest absolute Gasteiger partial charge is 0.350 e. The molecule has 10 heteroatoms. The number of rotatable bonds is 7. The van der Waals surface area contributed by atoms with Crippen molar-refractivity contribution in [1.29, 1.82) is 0 Å². The molecule has 0 unspecified atom stereocenters. The average molecular weight is 505 g/mol. The number of halogens is 2. The third kappa shape index (κ3) is 4.95. The second-order valence-electron chi connectivity index (χ2n) is 9.40. The Morgan fingerprint density at radius 1 is 1.17 bits per heavy atom. The van der Waals surface area contributed by atoms with Gasteiger partial charge in [-0.15, -0.1) is 0 Å². The van der Waals surface area contributed by atoms with E-state index in [1.165, 1.54) is 18.2 Å². The van der Waals surface area contributed by atoms with E-state index in [0.29, 0.717) is 27.9 Å². The van der Waals surface area contributed by atoms with Gasteiger partial charge in [0.05, 0.1) is 22.5 Å². The number of fused-ring (bicyclic) bond motifs is 1. The first-order valence-electron chi connectivity index (χ1n) is 11.8. The molecule has 0 radical (unpaired) electrons. The molecule has 0 aliphatic heterocycles. The molecule has 4 rings (SSSR count). The van der Waals surface area contributed by atoms with E-state index in [1.54, 1.807) is 13.0 Å². The maximum absolute atomic E-state index is 14.7. The summed E-state index contributed by atoms with van der Waals surface area (Å²) >= 11 is 0. The van der Waals surface area contributed by atoms with Gasteiger partial charge in [-0.25, -0.2) is 17.2 Å². The highest BCUT2D eigenvalue weighted by atomic mass is 32.2. The molecule has 1 aliphatic carbocycles. The highest BCUT2D eigenvalue weighted by Gasteiger charge is 2.31. The van der Waals surface area contributed by atoms with E-state index < -0.39 is 22.1 Å². The Kier molecular flexibility index (Phi) is 6.97. The predicted molar refractivity (Wildman–Crippen MR) is 131 cm³/mol. The van der Waals surface area contributed by atoms with Gasteiger partial charge in [-0.05, 0) is 70.4 Å². The van der Waals surface area contributed by atoms with Crippen LogP contribution in [-0.4, -0.2) is 36.2 Å². The Hall–Kier alpha value is -2.85. The lowest BCUT2D eigenvalue weighted by molar-refractivity contribution is 0.0945. The first-order chi connectivity index (χ1) is 16.5. The summed E-state index contributed by atoms with van der Waals surface area (Å²) in [5, 5.41) is 3.39. The summed E-state index contributed by atoms with van der Waals surface area (Å²) in [6.07, 6.45) is 3.28. The van der Waals surface area contributed by atoms with Gasteiger partial charge in [0.2, 0.25) is 10.0 Å². The summed E-state index contributed by atoms with van der Waals surface area (Å²) in [4.78, 5) is 17.6. The van der Waals surface area contributed by atoms with Gasteiger partial charge < -0.3 is 9.88 Å². The zero-order valence-corrected chi connectivity index (χ0v) is 21.0. The number of carbonyl (C=O) groups is 1. The maximum atomic E-state index is 14.7. The van der Waals surface area contributed by atoms with E-state index in [0.717, 1.165) is 44.3 Å². The lowest BCUT2D eigenvalue weighted by Gasteiger charge is -2.19. The highest BCUT2D eigenvalue weighted by molar-refractivity contribution is 7.89.